The molecule has 1 aliphatic rings. The number of nitrogens with zero attached hydrogens (tertiary/aromatic N) is 3. The van der Waals surface area contributed by atoms with Gasteiger partial charge < -0.3 is 9.88 Å². The van der Waals surface area contributed by atoms with E-state index in [0.717, 1.165) is 26.1 Å². The van der Waals surface area contributed by atoms with E-state index < -0.39 is 0 Å². The van der Waals surface area contributed by atoms with Gasteiger partial charge in [0.2, 0.25) is 0 Å². The number of nitrogens with one attached hydrogen (secondary N) is 1. The average molecular weight is 228 g/mol. The van der Waals surface area contributed by atoms with Crippen molar-refractivity contribution < 1.29 is 0 Å². The highest BCUT2D eigenvalue weighted by Crippen LogP contribution is 2.19. The molecule has 1 saturated heterocycles. The third-order valence-corrected chi connectivity index (χ3v) is 3.31. The summed E-state index contributed by atoms with van der Waals surface area (Å²) in [6, 6.07) is 4.11. The Balaban J connectivity index is 1.67. The van der Waals surface area contributed by atoms with E-state index in [0.29, 0.717) is 5.92 Å². The highest BCUT2D eigenvalue weighted by Gasteiger charge is 2.21. The summed E-state index contributed by atoms with van der Waals surface area (Å²) in [5.41, 5.74) is 2.63. The van der Waals surface area contributed by atoms with E-state index in [9.17, 15) is 0 Å². The van der Waals surface area contributed by atoms with Gasteiger partial charge in [0.15, 0.2) is 0 Å². The average Bonchev–Trinajstić information content (AvgIpc) is 2.74. The zero-order valence-corrected chi connectivity index (χ0v) is 9.71. The predicted molar refractivity (Wildman–Crippen MR) is 65.8 cm³/mol. The van der Waals surface area contributed by atoms with Crippen LogP contribution in [0.25, 0.3) is 0 Å². The largest absolute Gasteiger partial charge is 0.334 e. The molecule has 1 N–H and O–H groups in total. The molecule has 17 heavy (non-hydrogen) atoms. The normalized spacial score (nSPS) is 15.8. The van der Waals surface area contributed by atoms with E-state index in [1.165, 1.54) is 11.3 Å². The molecule has 0 spiro atoms. The van der Waals surface area contributed by atoms with Gasteiger partial charge in [-0.2, -0.15) is 0 Å². The molecule has 1 fully saturated rings. The molecule has 4 heteroatoms. The van der Waals surface area contributed by atoms with E-state index in [-0.39, 0.29) is 0 Å². The summed E-state index contributed by atoms with van der Waals surface area (Å²) in [4.78, 5) is 8.39. The first-order valence-corrected chi connectivity index (χ1v) is 6.03. The molecule has 3 heterocycles. The number of aromatic nitrogens is 3. The van der Waals surface area contributed by atoms with Crippen molar-refractivity contribution in [3.05, 3.63) is 48.3 Å². The summed E-state index contributed by atoms with van der Waals surface area (Å²) in [7, 11) is 0. The standard InChI is InChI=1S/C13H16N4/c1-2-11(6-14-4-1)3-5-17-10-16-9-13(17)12-7-15-8-12/h1-2,4,6,9-10,12,15H,3,5,7-8H2. The Morgan fingerprint density at radius 1 is 1.29 bits per heavy atom. The molecule has 0 saturated carbocycles. The van der Waals surface area contributed by atoms with Crippen molar-refractivity contribution in [2.75, 3.05) is 13.1 Å². The minimum absolute atomic E-state index is 0.645. The minimum Gasteiger partial charge on any atom is -0.334 e. The van der Waals surface area contributed by atoms with Crippen LogP contribution in [0.15, 0.2) is 37.1 Å². The van der Waals surface area contributed by atoms with Crippen LogP contribution in [0.3, 0.4) is 0 Å². The Bertz CT molecular complexity index is 473. The third-order valence-electron chi connectivity index (χ3n) is 3.31. The van der Waals surface area contributed by atoms with Crippen LogP contribution in [0.1, 0.15) is 17.2 Å². The molecular formula is C13H16N4. The van der Waals surface area contributed by atoms with Gasteiger partial charge in [0, 0.05) is 49.8 Å². The maximum absolute atomic E-state index is 4.26. The molecule has 88 valence electrons. The van der Waals surface area contributed by atoms with Gasteiger partial charge in [-0.3, -0.25) is 4.98 Å². The van der Waals surface area contributed by atoms with Gasteiger partial charge >= 0.3 is 0 Å². The Morgan fingerprint density at radius 2 is 2.24 bits per heavy atom. The van der Waals surface area contributed by atoms with Crippen LogP contribution in [-0.4, -0.2) is 27.6 Å². The van der Waals surface area contributed by atoms with Crippen LogP contribution >= 0.6 is 0 Å². The summed E-state index contributed by atoms with van der Waals surface area (Å²) in [6.45, 7) is 3.15. The minimum atomic E-state index is 0.645. The Labute approximate surface area is 101 Å². The summed E-state index contributed by atoms with van der Waals surface area (Å²) in [6.07, 6.45) is 8.68. The molecule has 0 atom stereocenters. The fraction of sp³-hybridized carbons (Fsp3) is 0.385. The van der Waals surface area contributed by atoms with Crippen LogP contribution in [0.5, 0.6) is 0 Å². The van der Waals surface area contributed by atoms with Gasteiger partial charge in [-0.15, -0.1) is 0 Å². The van der Waals surface area contributed by atoms with Crippen molar-refractivity contribution in [2.24, 2.45) is 0 Å². The van der Waals surface area contributed by atoms with Gasteiger partial charge in [-0.25, -0.2) is 4.98 Å². The number of aryl methyl sites for hydroxylation is 2. The van der Waals surface area contributed by atoms with Crippen molar-refractivity contribution in [3.8, 4) is 0 Å². The molecular weight excluding hydrogens is 212 g/mol. The van der Waals surface area contributed by atoms with Crippen LogP contribution < -0.4 is 5.32 Å². The molecule has 0 aromatic carbocycles. The maximum Gasteiger partial charge on any atom is 0.0948 e. The lowest BCUT2D eigenvalue weighted by Gasteiger charge is -2.27. The van der Waals surface area contributed by atoms with Gasteiger partial charge in [0.1, 0.15) is 0 Å². The zero-order chi connectivity index (χ0) is 11.5. The summed E-state index contributed by atoms with van der Waals surface area (Å²) in [5, 5.41) is 3.30. The number of hydrogen-bond acceptors (Lipinski definition) is 3. The third kappa shape index (κ3) is 2.22. The first-order valence-electron chi connectivity index (χ1n) is 6.03. The topological polar surface area (TPSA) is 42.7 Å². The summed E-state index contributed by atoms with van der Waals surface area (Å²) >= 11 is 0. The molecule has 3 rings (SSSR count). The van der Waals surface area contributed by atoms with E-state index in [1.807, 2.05) is 31.0 Å². The SMILES string of the molecule is c1cncc(CCn2cncc2C2CNC2)c1. The second-order valence-electron chi connectivity index (χ2n) is 4.48. The van der Waals surface area contributed by atoms with E-state index in [1.54, 1.807) is 0 Å². The van der Waals surface area contributed by atoms with Crippen molar-refractivity contribution >= 4 is 0 Å². The highest BCUT2D eigenvalue weighted by atomic mass is 15.1. The quantitative estimate of drug-likeness (QED) is 0.855. The fourth-order valence-electron chi connectivity index (χ4n) is 2.15. The zero-order valence-electron chi connectivity index (χ0n) is 9.71. The van der Waals surface area contributed by atoms with Crippen molar-refractivity contribution in [1.82, 2.24) is 19.9 Å². The number of hydrogen-bond donors (Lipinski definition) is 1. The summed E-state index contributed by atoms with van der Waals surface area (Å²) < 4.78 is 2.26. The van der Waals surface area contributed by atoms with E-state index >= 15 is 0 Å². The maximum atomic E-state index is 4.26. The molecule has 0 amide bonds. The molecule has 2 aromatic rings. The second kappa shape index (κ2) is 4.67. The van der Waals surface area contributed by atoms with Gasteiger partial charge in [-0.1, -0.05) is 6.07 Å². The lowest BCUT2D eigenvalue weighted by atomic mass is 10.00. The fourth-order valence-corrected chi connectivity index (χ4v) is 2.15. The van der Waals surface area contributed by atoms with Crippen molar-refractivity contribution in [3.63, 3.8) is 0 Å². The highest BCUT2D eigenvalue weighted by molar-refractivity contribution is 5.13. The second-order valence-corrected chi connectivity index (χ2v) is 4.48. The first kappa shape index (κ1) is 10.5. The van der Waals surface area contributed by atoms with Gasteiger partial charge in [-0.05, 0) is 18.1 Å². The van der Waals surface area contributed by atoms with Crippen LogP contribution in [-0.2, 0) is 13.0 Å². The summed E-state index contributed by atoms with van der Waals surface area (Å²) in [5.74, 6) is 0.645. The van der Waals surface area contributed by atoms with Crippen LogP contribution in [0.4, 0.5) is 0 Å². The molecule has 1 aliphatic heterocycles. The lowest BCUT2D eigenvalue weighted by Crippen LogP contribution is -2.40. The van der Waals surface area contributed by atoms with Gasteiger partial charge in [0.05, 0.1) is 6.33 Å². The molecule has 0 unspecified atom stereocenters. The number of imidazole rings is 1. The van der Waals surface area contributed by atoms with Gasteiger partial charge in [0.25, 0.3) is 0 Å². The Morgan fingerprint density at radius 3 is 2.94 bits per heavy atom. The van der Waals surface area contributed by atoms with Crippen molar-refractivity contribution in [2.45, 2.75) is 18.9 Å². The van der Waals surface area contributed by atoms with E-state index in [2.05, 4.69) is 25.9 Å². The van der Waals surface area contributed by atoms with E-state index in [4.69, 9.17) is 0 Å². The van der Waals surface area contributed by atoms with Crippen LogP contribution in [0.2, 0.25) is 0 Å². The first-order chi connectivity index (χ1) is 8.43. The molecule has 0 bridgehead atoms. The van der Waals surface area contributed by atoms with Crippen molar-refractivity contribution in [1.29, 1.82) is 0 Å². The Kier molecular flexibility index (Phi) is 2.88. The smallest absolute Gasteiger partial charge is 0.0948 e. The monoisotopic (exact) mass is 228 g/mol. The number of rotatable bonds is 4. The molecule has 4 nitrogen and oxygen atoms in total. The van der Waals surface area contributed by atoms with Crippen LogP contribution in [0, 0.1) is 0 Å². The number of pyridine rings is 1. The molecule has 0 aliphatic carbocycles. The molecule has 0 radical (unpaired) electrons. The lowest BCUT2D eigenvalue weighted by molar-refractivity contribution is 0.423. The molecule has 2 aromatic heterocycles. The Hall–Kier alpha value is -1.68. The predicted octanol–water partition coefficient (Wildman–Crippen LogP) is 1.21.